The number of hydrogen-bond acceptors (Lipinski definition) is 4. The first-order valence-electron chi connectivity index (χ1n) is 8.68. The number of fused-ring (bicyclic) bond motifs is 1. The lowest BCUT2D eigenvalue weighted by molar-refractivity contribution is 1.22. The Morgan fingerprint density at radius 1 is 0.759 bits per heavy atom. The molecule has 4 aromatic rings. The number of nitrogens with one attached hydrogen (secondary N) is 3. The fourth-order valence-corrected chi connectivity index (χ4v) is 3.41. The first kappa shape index (κ1) is 19.4. The highest BCUT2D eigenvalue weighted by Crippen LogP contribution is 2.27. The maximum atomic E-state index is 6.08. The number of anilines is 4. The Morgan fingerprint density at radius 3 is 2.14 bits per heavy atom. The molecule has 8 heteroatoms. The molecule has 3 aromatic carbocycles. The van der Waals surface area contributed by atoms with Crippen molar-refractivity contribution in [3.63, 3.8) is 0 Å². The maximum Gasteiger partial charge on any atom is 0.175 e. The zero-order valence-electron chi connectivity index (χ0n) is 15.0. The molecule has 0 aliphatic rings. The lowest BCUT2D eigenvalue weighted by atomic mass is 10.2. The minimum atomic E-state index is 0.452. The average Bonchev–Trinajstić information content (AvgIpc) is 2.68. The van der Waals surface area contributed by atoms with Crippen molar-refractivity contribution in [1.82, 2.24) is 9.97 Å². The zero-order chi connectivity index (χ0) is 20.2. The van der Waals surface area contributed by atoms with E-state index in [-0.39, 0.29) is 0 Å². The molecule has 1 aromatic heterocycles. The van der Waals surface area contributed by atoms with Gasteiger partial charge in [-0.15, -0.1) is 0 Å². The van der Waals surface area contributed by atoms with E-state index in [2.05, 4.69) is 25.9 Å². The van der Waals surface area contributed by atoms with E-state index in [0.717, 1.165) is 28.0 Å². The van der Waals surface area contributed by atoms with Crippen LogP contribution in [-0.2, 0) is 0 Å². The van der Waals surface area contributed by atoms with E-state index in [1.54, 1.807) is 12.1 Å². The van der Waals surface area contributed by atoms with Crippen LogP contribution in [0.25, 0.3) is 10.9 Å². The summed E-state index contributed by atoms with van der Waals surface area (Å²) >= 11 is 17.5. The Kier molecular flexibility index (Phi) is 5.76. The van der Waals surface area contributed by atoms with E-state index in [1.165, 1.54) is 6.33 Å². The van der Waals surface area contributed by atoms with E-state index in [0.29, 0.717) is 21.0 Å². The summed E-state index contributed by atoms with van der Waals surface area (Å²) in [5.41, 5.74) is 3.27. The van der Waals surface area contributed by atoms with Crippen LogP contribution < -0.4 is 16.0 Å². The minimum Gasteiger partial charge on any atom is -0.340 e. The van der Waals surface area contributed by atoms with Crippen molar-refractivity contribution in [2.24, 2.45) is 0 Å². The number of aromatic nitrogens is 2. The summed E-state index contributed by atoms with van der Waals surface area (Å²) < 4.78 is 0. The summed E-state index contributed by atoms with van der Waals surface area (Å²) in [4.78, 5) is 8.70. The minimum absolute atomic E-state index is 0.452. The van der Waals surface area contributed by atoms with Gasteiger partial charge in [-0.25, -0.2) is 9.97 Å². The van der Waals surface area contributed by atoms with E-state index in [9.17, 15) is 0 Å². The van der Waals surface area contributed by atoms with Gasteiger partial charge in [0.15, 0.2) is 5.11 Å². The van der Waals surface area contributed by atoms with Gasteiger partial charge in [0.1, 0.15) is 12.1 Å². The van der Waals surface area contributed by atoms with E-state index in [4.69, 9.17) is 35.4 Å². The van der Waals surface area contributed by atoms with Crippen molar-refractivity contribution in [3.8, 4) is 0 Å². The van der Waals surface area contributed by atoms with Crippen LogP contribution in [0.4, 0.5) is 22.9 Å². The Balaban J connectivity index is 1.57. The SMILES string of the molecule is S=C(Nc1cccc(Cl)c1)Nc1ccc2ncnc(Nc3cccc(Cl)c3)c2c1. The highest BCUT2D eigenvalue weighted by Gasteiger charge is 2.07. The lowest BCUT2D eigenvalue weighted by Gasteiger charge is -2.13. The third-order valence-electron chi connectivity index (χ3n) is 4.06. The van der Waals surface area contributed by atoms with Crippen LogP contribution in [0.2, 0.25) is 10.0 Å². The second kappa shape index (κ2) is 8.61. The third kappa shape index (κ3) is 4.92. The second-order valence-corrected chi connectivity index (χ2v) is 7.46. The van der Waals surface area contributed by atoms with Crippen LogP contribution in [0.15, 0.2) is 73.1 Å². The molecule has 0 spiro atoms. The smallest absolute Gasteiger partial charge is 0.175 e. The molecule has 0 aliphatic carbocycles. The van der Waals surface area contributed by atoms with Gasteiger partial charge in [0.2, 0.25) is 0 Å². The van der Waals surface area contributed by atoms with Crippen LogP contribution in [0.1, 0.15) is 0 Å². The summed E-state index contributed by atoms with van der Waals surface area (Å²) in [5.74, 6) is 0.676. The van der Waals surface area contributed by atoms with Gasteiger partial charge >= 0.3 is 0 Å². The highest BCUT2D eigenvalue weighted by molar-refractivity contribution is 7.80. The fraction of sp³-hybridized carbons (Fsp3) is 0. The van der Waals surface area contributed by atoms with Crippen molar-refractivity contribution in [2.45, 2.75) is 0 Å². The molecule has 0 radical (unpaired) electrons. The van der Waals surface area contributed by atoms with Crippen LogP contribution in [0, 0.1) is 0 Å². The topological polar surface area (TPSA) is 61.9 Å². The van der Waals surface area contributed by atoms with Crippen LogP contribution in [0.3, 0.4) is 0 Å². The molecule has 1 heterocycles. The standard InChI is InChI=1S/C21H15Cl2N5S/c22-13-3-1-5-15(9-13)26-20-18-11-17(7-8-19(18)24-12-25-20)28-21(29)27-16-6-2-4-14(23)10-16/h1-12H,(H,24,25,26)(H2,27,28,29). The van der Waals surface area contributed by atoms with Crippen LogP contribution in [0.5, 0.6) is 0 Å². The molecule has 144 valence electrons. The molecule has 0 atom stereocenters. The molecule has 5 nitrogen and oxygen atoms in total. The molecular weight excluding hydrogens is 425 g/mol. The molecule has 0 amide bonds. The summed E-state index contributed by atoms with van der Waals surface area (Å²) in [6.45, 7) is 0. The Bertz CT molecular complexity index is 1200. The normalized spacial score (nSPS) is 10.6. The molecule has 3 N–H and O–H groups in total. The molecule has 0 unspecified atom stereocenters. The van der Waals surface area contributed by atoms with Crippen LogP contribution >= 0.6 is 35.4 Å². The molecule has 4 rings (SSSR count). The average molecular weight is 440 g/mol. The van der Waals surface area contributed by atoms with E-state index in [1.807, 2.05) is 54.6 Å². The second-order valence-electron chi connectivity index (χ2n) is 6.18. The van der Waals surface area contributed by atoms with E-state index < -0.39 is 0 Å². The fourth-order valence-electron chi connectivity index (χ4n) is 2.80. The van der Waals surface area contributed by atoms with Crippen LogP contribution in [-0.4, -0.2) is 15.1 Å². The quantitative estimate of drug-likeness (QED) is 0.316. The van der Waals surface area contributed by atoms with Gasteiger partial charge in [-0.1, -0.05) is 35.3 Å². The summed E-state index contributed by atoms with van der Waals surface area (Å²) in [5, 5.41) is 12.2. The van der Waals surface area contributed by atoms with Gasteiger partial charge in [-0.05, 0) is 66.8 Å². The van der Waals surface area contributed by atoms with E-state index >= 15 is 0 Å². The molecule has 29 heavy (non-hydrogen) atoms. The van der Waals surface area contributed by atoms with Crippen molar-refractivity contribution < 1.29 is 0 Å². The molecule has 0 bridgehead atoms. The number of nitrogens with zero attached hydrogens (tertiary/aromatic N) is 2. The molecule has 0 aliphatic heterocycles. The van der Waals surface area contributed by atoms with Gasteiger partial charge in [-0.2, -0.15) is 0 Å². The molecular formula is C21H15Cl2N5S. The number of halogens is 2. The Morgan fingerprint density at radius 2 is 1.41 bits per heavy atom. The Labute approximate surface area is 183 Å². The van der Waals surface area contributed by atoms with Gasteiger partial charge in [0.25, 0.3) is 0 Å². The monoisotopic (exact) mass is 439 g/mol. The highest BCUT2D eigenvalue weighted by atomic mass is 35.5. The maximum absolute atomic E-state index is 6.08. The van der Waals surface area contributed by atoms with Gasteiger partial charge < -0.3 is 16.0 Å². The first-order chi connectivity index (χ1) is 14.1. The number of rotatable bonds is 4. The molecule has 0 saturated carbocycles. The zero-order valence-corrected chi connectivity index (χ0v) is 17.3. The number of thiocarbonyl (C=S) groups is 1. The van der Waals surface area contributed by atoms with Crippen molar-refractivity contribution in [1.29, 1.82) is 0 Å². The largest absolute Gasteiger partial charge is 0.340 e. The predicted molar refractivity (Wildman–Crippen MR) is 126 cm³/mol. The predicted octanol–water partition coefficient (Wildman–Crippen LogP) is 6.49. The summed E-state index contributed by atoms with van der Waals surface area (Å²) in [7, 11) is 0. The summed E-state index contributed by atoms with van der Waals surface area (Å²) in [6.07, 6.45) is 1.52. The molecule has 0 saturated heterocycles. The first-order valence-corrected chi connectivity index (χ1v) is 9.84. The Hall–Kier alpha value is -2.93. The number of hydrogen-bond donors (Lipinski definition) is 3. The van der Waals surface area contributed by atoms with Gasteiger partial charge in [0, 0.05) is 32.5 Å². The van der Waals surface area contributed by atoms with Gasteiger partial charge in [0.05, 0.1) is 5.52 Å². The summed E-state index contributed by atoms with van der Waals surface area (Å²) in [6, 6.07) is 20.6. The molecule has 0 fully saturated rings. The van der Waals surface area contributed by atoms with Crippen molar-refractivity contribution >= 4 is 74.3 Å². The third-order valence-corrected chi connectivity index (χ3v) is 4.74. The van der Waals surface area contributed by atoms with Crippen molar-refractivity contribution in [3.05, 3.63) is 83.1 Å². The number of benzene rings is 3. The van der Waals surface area contributed by atoms with Crippen molar-refractivity contribution in [2.75, 3.05) is 16.0 Å². The lowest BCUT2D eigenvalue weighted by Crippen LogP contribution is -2.19. The van der Waals surface area contributed by atoms with Gasteiger partial charge in [-0.3, -0.25) is 0 Å².